The minimum absolute atomic E-state index is 0.141. The smallest absolute Gasteiger partial charge is 0.406 e. The summed E-state index contributed by atoms with van der Waals surface area (Å²) in [7, 11) is 0. The van der Waals surface area contributed by atoms with Crippen molar-refractivity contribution in [3.8, 4) is 0 Å². The third kappa shape index (κ3) is 2.36. The molecule has 7 nitrogen and oxygen atoms in total. The Hall–Kier alpha value is -2.39. The number of carbonyl (C=O) groups is 2. The lowest BCUT2D eigenvalue weighted by molar-refractivity contribution is -0.225. The molecule has 2 heterocycles. The molecule has 1 aromatic rings. The number of alkyl halides is 3. The first-order valence-corrected chi connectivity index (χ1v) is 5.85. The molecule has 10 heteroatoms. The highest BCUT2D eigenvalue weighted by molar-refractivity contribution is 5.95. The van der Waals surface area contributed by atoms with Crippen molar-refractivity contribution < 1.29 is 27.9 Å². The van der Waals surface area contributed by atoms with Crippen LogP contribution >= 0.6 is 0 Å². The van der Waals surface area contributed by atoms with Crippen LogP contribution < -0.4 is 10.6 Å². The lowest BCUT2D eigenvalue weighted by Crippen LogP contribution is -2.47. The Morgan fingerprint density at radius 3 is 2.43 bits per heavy atom. The van der Waals surface area contributed by atoms with Crippen LogP contribution in [0.25, 0.3) is 0 Å². The Balaban J connectivity index is 2.39. The SMILES string of the molecule is NC(=O)c1nccnc1N1CCC(C(=O)O)(C(F)(F)F)C1. The van der Waals surface area contributed by atoms with Gasteiger partial charge in [-0.25, -0.2) is 9.97 Å². The number of aromatic nitrogens is 2. The van der Waals surface area contributed by atoms with E-state index in [2.05, 4.69) is 9.97 Å². The highest BCUT2D eigenvalue weighted by atomic mass is 19.4. The molecule has 21 heavy (non-hydrogen) atoms. The molecule has 1 aliphatic heterocycles. The maximum absolute atomic E-state index is 13.1. The van der Waals surface area contributed by atoms with Crippen molar-refractivity contribution in [1.82, 2.24) is 9.97 Å². The van der Waals surface area contributed by atoms with Gasteiger partial charge in [-0.1, -0.05) is 0 Å². The van der Waals surface area contributed by atoms with Crippen molar-refractivity contribution >= 4 is 17.7 Å². The molecular weight excluding hydrogens is 293 g/mol. The predicted molar refractivity (Wildman–Crippen MR) is 63.5 cm³/mol. The number of aliphatic carboxylic acids is 1. The fourth-order valence-corrected chi connectivity index (χ4v) is 2.25. The summed E-state index contributed by atoms with van der Waals surface area (Å²) in [5.74, 6) is -3.04. The molecule has 3 N–H and O–H groups in total. The highest BCUT2D eigenvalue weighted by Crippen LogP contribution is 2.46. The van der Waals surface area contributed by atoms with Crippen molar-refractivity contribution in [2.45, 2.75) is 12.6 Å². The molecule has 0 aromatic carbocycles. The Kier molecular flexibility index (Phi) is 3.47. The van der Waals surface area contributed by atoms with Crippen molar-refractivity contribution in [1.29, 1.82) is 0 Å². The van der Waals surface area contributed by atoms with Gasteiger partial charge in [0, 0.05) is 25.5 Å². The molecule has 0 saturated carbocycles. The zero-order valence-corrected chi connectivity index (χ0v) is 10.6. The van der Waals surface area contributed by atoms with E-state index in [-0.39, 0.29) is 18.1 Å². The quantitative estimate of drug-likeness (QED) is 0.837. The zero-order chi connectivity index (χ0) is 15.8. The number of nitrogens with two attached hydrogens (primary N) is 1. The molecule has 114 valence electrons. The Labute approximate surface area is 116 Å². The van der Waals surface area contributed by atoms with Crippen molar-refractivity contribution in [2.24, 2.45) is 11.1 Å². The van der Waals surface area contributed by atoms with E-state index in [0.717, 1.165) is 4.90 Å². The number of carboxylic acids is 1. The maximum atomic E-state index is 13.1. The summed E-state index contributed by atoms with van der Waals surface area (Å²) in [6, 6.07) is 0. The van der Waals surface area contributed by atoms with Crippen molar-refractivity contribution in [3.05, 3.63) is 18.1 Å². The van der Waals surface area contributed by atoms with Gasteiger partial charge in [0.1, 0.15) is 0 Å². The monoisotopic (exact) mass is 304 g/mol. The largest absolute Gasteiger partial charge is 0.481 e. The molecule has 2 rings (SSSR count). The average Bonchev–Trinajstić information content (AvgIpc) is 2.84. The van der Waals surface area contributed by atoms with Gasteiger partial charge in [-0.3, -0.25) is 9.59 Å². The molecule has 0 aliphatic carbocycles. The summed E-state index contributed by atoms with van der Waals surface area (Å²) in [4.78, 5) is 30.8. The highest BCUT2D eigenvalue weighted by Gasteiger charge is 2.64. The maximum Gasteiger partial charge on any atom is 0.406 e. The summed E-state index contributed by atoms with van der Waals surface area (Å²) in [5.41, 5.74) is 1.91. The molecule has 0 spiro atoms. The average molecular weight is 304 g/mol. The van der Waals surface area contributed by atoms with Crippen LogP contribution in [-0.4, -0.2) is 46.2 Å². The van der Waals surface area contributed by atoms with Crippen LogP contribution in [0.5, 0.6) is 0 Å². The van der Waals surface area contributed by atoms with Crippen LogP contribution in [0.4, 0.5) is 19.0 Å². The van der Waals surface area contributed by atoms with E-state index in [4.69, 9.17) is 10.8 Å². The van der Waals surface area contributed by atoms with Crippen LogP contribution in [0.3, 0.4) is 0 Å². The number of carboxylic acid groups (broad SMARTS) is 1. The first-order chi connectivity index (χ1) is 9.69. The first-order valence-electron chi connectivity index (χ1n) is 5.85. The molecular formula is C11H11F3N4O3. The molecule has 1 unspecified atom stereocenters. The number of carbonyl (C=O) groups excluding carboxylic acids is 1. The number of hydrogen-bond donors (Lipinski definition) is 2. The standard InChI is InChI=1S/C11H11F3N4O3/c12-11(13,14)10(9(20)21)1-4-18(5-10)8-6(7(15)19)16-2-3-17-8/h2-3H,1,4-5H2,(H2,15,19)(H,20,21). The molecule has 1 aromatic heterocycles. The minimum Gasteiger partial charge on any atom is -0.481 e. The van der Waals surface area contributed by atoms with Crippen LogP contribution in [-0.2, 0) is 4.79 Å². The predicted octanol–water partition coefficient (Wildman–Crippen LogP) is 0.419. The first kappa shape index (κ1) is 15.0. The zero-order valence-electron chi connectivity index (χ0n) is 10.6. The summed E-state index contributed by atoms with van der Waals surface area (Å²) >= 11 is 0. The minimum atomic E-state index is -4.91. The van der Waals surface area contributed by atoms with Gasteiger partial charge in [0.05, 0.1) is 0 Å². The van der Waals surface area contributed by atoms with E-state index in [0.29, 0.717) is 0 Å². The van der Waals surface area contributed by atoms with Crippen LogP contribution in [0.15, 0.2) is 12.4 Å². The molecule has 1 saturated heterocycles. The number of halogens is 3. The molecule has 1 fully saturated rings. The molecule has 0 bridgehead atoms. The number of anilines is 1. The van der Waals surface area contributed by atoms with Gasteiger partial charge in [-0.15, -0.1) is 0 Å². The Bertz CT molecular complexity index is 592. The van der Waals surface area contributed by atoms with E-state index in [9.17, 15) is 22.8 Å². The molecule has 1 aliphatic rings. The van der Waals surface area contributed by atoms with Gasteiger partial charge >= 0.3 is 12.1 Å². The topological polar surface area (TPSA) is 109 Å². The number of hydrogen-bond acceptors (Lipinski definition) is 5. The Morgan fingerprint density at radius 1 is 1.33 bits per heavy atom. The van der Waals surface area contributed by atoms with E-state index < -0.39 is 36.4 Å². The van der Waals surface area contributed by atoms with E-state index in [1.54, 1.807) is 0 Å². The van der Waals surface area contributed by atoms with Crippen LogP contribution in [0.2, 0.25) is 0 Å². The van der Waals surface area contributed by atoms with Gasteiger partial charge in [-0.2, -0.15) is 13.2 Å². The summed E-state index contributed by atoms with van der Waals surface area (Å²) in [5, 5.41) is 8.97. The second-order valence-corrected chi connectivity index (χ2v) is 4.65. The van der Waals surface area contributed by atoms with Gasteiger partial charge in [-0.05, 0) is 6.42 Å². The van der Waals surface area contributed by atoms with Gasteiger partial charge in [0.25, 0.3) is 5.91 Å². The van der Waals surface area contributed by atoms with Crippen LogP contribution in [0, 0.1) is 5.41 Å². The van der Waals surface area contributed by atoms with Gasteiger partial charge in [0.15, 0.2) is 16.9 Å². The number of rotatable bonds is 3. The molecule has 1 amide bonds. The van der Waals surface area contributed by atoms with E-state index >= 15 is 0 Å². The molecule has 1 atom stereocenters. The van der Waals surface area contributed by atoms with E-state index in [1.165, 1.54) is 12.4 Å². The molecule has 0 radical (unpaired) electrons. The van der Waals surface area contributed by atoms with Gasteiger partial charge in [0.2, 0.25) is 0 Å². The van der Waals surface area contributed by atoms with Crippen molar-refractivity contribution in [2.75, 3.05) is 18.0 Å². The normalized spacial score (nSPS) is 22.3. The number of amides is 1. The van der Waals surface area contributed by atoms with Gasteiger partial charge < -0.3 is 15.7 Å². The lowest BCUT2D eigenvalue weighted by Gasteiger charge is -2.27. The third-order valence-corrected chi connectivity index (χ3v) is 3.43. The lowest BCUT2D eigenvalue weighted by atomic mass is 9.86. The number of nitrogens with zero attached hydrogens (tertiary/aromatic N) is 3. The van der Waals surface area contributed by atoms with Crippen molar-refractivity contribution in [3.63, 3.8) is 0 Å². The van der Waals surface area contributed by atoms with E-state index in [1.807, 2.05) is 0 Å². The Morgan fingerprint density at radius 2 is 1.95 bits per heavy atom. The summed E-state index contributed by atoms with van der Waals surface area (Å²) in [6.07, 6.45) is -3.19. The van der Waals surface area contributed by atoms with Crippen LogP contribution in [0.1, 0.15) is 16.9 Å². The second kappa shape index (κ2) is 4.86. The second-order valence-electron chi connectivity index (χ2n) is 4.65. The fourth-order valence-electron chi connectivity index (χ4n) is 2.25. The third-order valence-electron chi connectivity index (χ3n) is 3.43. The number of primary amides is 1. The summed E-state index contributed by atoms with van der Waals surface area (Å²) in [6.45, 7) is -1.06. The fraction of sp³-hybridized carbons (Fsp3) is 0.455. The summed E-state index contributed by atoms with van der Waals surface area (Å²) < 4.78 is 39.2.